The van der Waals surface area contributed by atoms with Gasteiger partial charge < -0.3 is 9.47 Å². The van der Waals surface area contributed by atoms with Crippen LogP contribution in [0, 0.1) is 35.0 Å². The Morgan fingerprint density at radius 3 is 1.87 bits per heavy atom. The summed E-state index contributed by atoms with van der Waals surface area (Å²) in [5.74, 6) is -10.2. The first kappa shape index (κ1) is 22.3. The van der Waals surface area contributed by atoms with Crippen LogP contribution in [-0.2, 0) is 14.3 Å². The standard InChI is InChI=1S/C22H31F5O3/c1-3-16-7-17(22(26,27)19(2,23)21(16,24)25)11-29-12-30-18(28)20-8-13-4-14(9-20)6-15(5-13)10-20/h13-17H,3-12H2,1-2H3. The second kappa shape index (κ2) is 7.31. The summed E-state index contributed by atoms with van der Waals surface area (Å²) in [7, 11) is 0. The second-order valence-electron chi connectivity index (χ2n) is 10.4. The van der Waals surface area contributed by atoms with Gasteiger partial charge in [-0.05, 0) is 76.0 Å². The number of hydrogen-bond acceptors (Lipinski definition) is 3. The van der Waals surface area contributed by atoms with E-state index in [2.05, 4.69) is 0 Å². The van der Waals surface area contributed by atoms with Crippen molar-refractivity contribution in [2.75, 3.05) is 13.4 Å². The van der Waals surface area contributed by atoms with Gasteiger partial charge >= 0.3 is 5.97 Å². The molecule has 0 spiro atoms. The average molecular weight is 438 g/mol. The van der Waals surface area contributed by atoms with E-state index in [1.807, 2.05) is 0 Å². The molecule has 3 unspecified atom stereocenters. The molecule has 0 aromatic rings. The fourth-order valence-electron chi connectivity index (χ4n) is 7.02. The summed E-state index contributed by atoms with van der Waals surface area (Å²) < 4.78 is 82.4. The fraction of sp³-hybridized carbons (Fsp3) is 0.955. The lowest BCUT2D eigenvalue weighted by Gasteiger charge is -2.55. The lowest BCUT2D eigenvalue weighted by atomic mass is 9.49. The Kier molecular flexibility index (Phi) is 5.43. The molecule has 8 heteroatoms. The first-order valence-corrected chi connectivity index (χ1v) is 11.1. The Morgan fingerprint density at radius 2 is 1.37 bits per heavy atom. The van der Waals surface area contributed by atoms with Crippen LogP contribution in [0.5, 0.6) is 0 Å². The van der Waals surface area contributed by atoms with Crippen molar-refractivity contribution in [3.8, 4) is 0 Å². The van der Waals surface area contributed by atoms with Gasteiger partial charge in [-0.25, -0.2) is 22.0 Å². The van der Waals surface area contributed by atoms with Gasteiger partial charge in [0.05, 0.1) is 17.9 Å². The summed E-state index contributed by atoms with van der Waals surface area (Å²) in [5, 5.41) is 0. The molecule has 5 rings (SSSR count). The molecule has 0 aliphatic heterocycles. The second-order valence-corrected chi connectivity index (χ2v) is 10.4. The maximum atomic E-state index is 14.5. The Balaban J connectivity index is 1.33. The summed E-state index contributed by atoms with van der Waals surface area (Å²) in [6.45, 7) is 0.564. The van der Waals surface area contributed by atoms with Gasteiger partial charge in [-0.1, -0.05) is 6.92 Å². The molecular weight excluding hydrogens is 407 g/mol. The van der Waals surface area contributed by atoms with Crippen molar-refractivity contribution >= 4 is 5.97 Å². The van der Waals surface area contributed by atoms with Gasteiger partial charge in [-0.3, -0.25) is 4.79 Å². The van der Waals surface area contributed by atoms with Gasteiger partial charge in [0.2, 0.25) is 5.67 Å². The lowest BCUT2D eigenvalue weighted by Crippen LogP contribution is -2.66. The van der Waals surface area contributed by atoms with E-state index in [4.69, 9.17) is 9.47 Å². The van der Waals surface area contributed by atoms with Crippen molar-refractivity contribution in [1.82, 2.24) is 0 Å². The molecule has 3 nitrogen and oxygen atoms in total. The Morgan fingerprint density at radius 1 is 0.867 bits per heavy atom. The van der Waals surface area contributed by atoms with Crippen LogP contribution in [-0.4, -0.2) is 36.9 Å². The molecule has 30 heavy (non-hydrogen) atoms. The minimum atomic E-state index is -4.24. The normalized spacial score (nSPS) is 46.0. The SMILES string of the molecule is CCC1CC(COCOC(=O)C23CC4CC(CC(C4)C2)C3)C(F)(F)C(C)(F)C1(F)F. The molecule has 0 aromatic carbocycles. The van der Waals surface area contributed by atoms with Crippen LogP contribution in [0.15, 0.2) is 0 Å². The van der Waals surface area contributed by atoms with Gasteiger partial charge in [0.1, 0.15) is 0 Å². The van der Waals surface area contributed by atoms with Crippen LogP contribution >= 0.6 is 0 Å². The van der Waals surface area contributed by atoms with Crippen LogP contribution in [0.25, 0.3) is 0 Å². The van der Waals surface area contributed by atoms with E-state index in [0.717, 1.165) is 19.3 Å². The van der Waals surface area contributed by atoms with Crippen molar-refractivity contribution in [3.63, 3.8) is 0 Å². The highest BCUT2D eigenvalue weighted by atomic mass is 19.3. The van der Waals surface area contributed by atoms with E-state index in [0.29, 0.717) is 17.8 Å². The van der Waals surface area contributed by atoms with Gasteiger partial charge in [-0.15, -0.1) is 0 Å². The van der Waals surface area contributed by atoms with E-state index in [1.54, 1.807) is 0 Å². The summed E-state index contributed by atoms with van der Waals surface area (Å²) >= 11 is 0. The van der Waals surface area contributed by atoms with Crippen molar-refractivity contribution < 1.29 is 36.2 Å². The number of alkyl halides is 5. The van der Waals surface area contributed by atoms with Crippen LogP contribution < -0.4 is 0 Å². The monoisotopic (exact) mass is 438 g/mol. The molecule has 0 aromatic heterocycles. The molecule has 0 N–H and O–H groups in total. The minimum absolute atomic E-state index is 0.111. The number of halogens is 5. The van der Waals surface area contributed by atoms with Crippen LogP contribution in [0.2, 0.25) is 0 Å². The molecule has 5 aliphatic carbocycles. The third-order valence-corrected chi connectivity index (χ3v) is 8.40. The quantitative estimate of drug-likeness (QED) is 0.229. The van der Waals surface area contributed by atoms with Gasteiger partial charge in [0.25, 0.3) is 11.8 Å². The van der Waals surface area contributed by atoms with E-state index < -0.39 is 54.6 Å². The van der Waals surface area contributed by atoms with Crippen molar-refractivity contribution in [2.45, 2.75) is 82.7 Å². The molecule has 0 amide bonds. The summed E-state index contributed by atoms with van der Waals surface area (Å²) in [6, 6.07) is 0. The third-order valence-electron chi connectivity index (χ3n) is 8.40. The third kappa shape index (κ3) is 3.27. The van der Waals surface area contributed by atoms with Crippen molar-refractivity contribution in [3.05, 3.63) is 0 Å². The topological polar surface area (TPSA) is 35.5 Å². The van der Waals surface area contributed by atoms with Gasteiger partial charge in [0.15, 0.2) is 6.79 Å². The van der Waals surface area contributed by atoms with Crippen LogP contribution in [0.3, 0.4) is 0 Å². The Hall–Kier alpha value is -0.920. The van der Waals surface area contributed by atoms with Crippen molar-refractivity contribution in [2.24, 2.45) is 35.0 Å². The highest BCUT2D eigenvalue weighted by molar-refractivity contribution is 5.77. The number of rotatable bonds is 6. The highest BCUT2D eigenvalue weighted by Crippen LogP contribution is 2.61. The molecular formula is C22H31F5O3. The number of esters is 1. The molecule has 4 bridgehead atoms. The van der Waals surface area contributed by atoms with E-state index in [1.165, 1.54) is 26.2 Å². The summed E-state index contributed by atoms with van der Waals surface area (Å²) in [4.78, 5) is 12.8. The minimum Gasteiger partial charge on any atom is -0.438 e. The first-order chi connectivity index (χ1) is 13.9. The molecule has 0 saturated heterocycles. The predicted octanol–water partition coefficient (Wildman–Crippen LogP) is 5.77. The molecule has 5 saturated carbocycles. The zero-order chi connectivity index (χ0) is 21.9. The summed E-state index contributed by atoms with van der Waals surface area (Å²) in [6.07, 6.45) is 5.30. The van der Waals surface area contributed by atoms with Crippen LogP contribution in [0.4, 0.5) is 22.0 Å². The summed E-state index contributed by atoms with van der Waals surface area (Å²) in [5.41, 5.74) is -4.44. The maximum Gasteiger partial charge on any atom is 0.314 e. The average Bonchev–Trinajstić information content (AvgIpc) is 2.64. The fourth-order valence-corrected chi connectivity index (χ4v) is 7.02. The molecule has 0 heterocycles. The first-order valence-electron chi connectivity index (χ1n) is 11.1. The largest absolute Gasteiger partial charge is 0.438 e. The maximum absolute atomic E-state index is 14.5. The zero-order valence-electron chi connectivity index (χ0n) is 17.6. The number of carbonyl (C=O) groups is 1. The molecule has 0 radical (unpaired) electrons. The smallest absolute Gasteiger partial charge is 0.314 e. The van der Waals surface area contributed by atoms with Crippen molar-refractivity contribution in [1.29, 1.82) is 0 Å². The van der Waals surface area contributed by atoms with Gasteiger partial charge in [0, 0.05) is 5.92 Å². The van der Waals surface area contributed by atoms with E-state index in [9.17, 15) is 26.7 Å². The highest BCUT2D eigenvalue weighted by Gasteiger charge is 2.74. The number of hydrogen-bond donors (Lipinski definition) is 0. The molecule has 5 fully saturated rings. The van der Waals surface area contributed by atoms with E-state index >= 15 is 0 Å². The molecule has 172 valence electrons. The molecule has 5 aliphatic rings. The Bertz CT molecular complexity index is 642. The van der Waals surface area contributed by atoms with Gasteiger partial charge in [-0.2, -0.15) is 0 Å². The van der Waals surface area contributed by atoms with Crippen LogP contribution in [0.1, 0.15) is 65.2 Å². The number of ether oxygens (including phenoxy) is 2. The lowest BCUT2D eigenvalue weighted by molar-refractivity contribution is -0.312. The predicted molar refractivity (Wildman–Crippen MR) is 98.8 cm³/mol. The van der Waals surface area contributed by atoms with E-state index in [-0.39, 0.29) is 19.3 Å². The number of carbonyl (C=O) groups excluding carboxylic acids is 1. The molecule has 3 atom stereocenters. The Labute approximate surface area is 174 Å². The zero-order valence-corrected chi connectivity index (χ0v) is 17.6.